The standard InChI is InChI=1S/C30H28Cl2N4O5/c31-22-14-21-20(12-13-36(28(21)38)16-17-6-2-1-3-7-17)26(32)25(22)27(37)34-24(29(39)40)15-33-30(41)35-23-11-10-18-8-4-5-9-19(18)23/h1-9,14,23-24H,10-13,15-16H2,(H,34,37)(H,39,40)(H2,33,35,41)/t23-,24?/m1/s1. The maximum Gasteiger partial charge on any atom is 0.328 e. The Morgan fingerprint density at radius 1 is 1.02 bits per heavy atom. The van der Waals surface area contributed by atoms with Crippen molar-refractivity contribution in [2.45, 2.75) is 37.9 Å². The highest BCUT2D eigenvalue weighted by atomic mass is 35.5. The van der Waals surface area contributed by atoms with Crippen molar-refractivity contribution in [3.63, 3.8) is 0 Å². The van der Waals surface area contributed by atoms with E-state index in [0.29, 0.717) is 30.6 Å². The first-order valence-corrected chi connectivity index (χ1v) is 14.0. The van der Waals surface area contributed by atoms with Crippen molar-refractivity contribution in [1.29, 1.82) is 0 Å². The molecule has 1 heterocycles. The number of hydrogen-bond donors (Lipinski definition) is 4. The van der Waals surface area contributed by atoms with Crippen LogP contribution in [0.25, 0.3) is 0 Å². The van der Waals surface area contributed by atoms with Gasteiger partial charge in [-0.05, 0) is 47.6 Å². The average Bonchev–Trinajstić information content (AvgIpc) is 3.36. The van der Waals surface area contributed by atoms with Crippen LogP contribution in [0.5, 0.6) is 0 Å². The topological polar surface area (TPSA) is 128 Å². The first-order chi connectivity index (χ1) is 19.7. The van der Waals surface area contributed by atoms with Crippen molar-refractivity contribution in [2.24, 2.45) is 0 Å². The zero-order valence-electron chi connectivity index (χ0n) is 22.0. The molecule has 3 aromatic carbocycles. The Labute approximate surface area is 246 Å². The molecule has 11 heteroatoms. The van der Waals surface area contributed by atoms with Gasteiger partial charge in [-0.2, -0.15) is 0 Å². The lowest BCUT2D eigenvalue weighted by molar-refractivity contribution is -0.139. The van der Waals surface area contributed by atoms with Gasteiger partial charge in [0.15, 0.2) is 0 Å². The molecule has 2 aliphatic rings. The number of carbonyl (C=O) groups is 4. The van der Waals surface area contributed by atoms with Crippen LogP contribution in [0.3, 0.4) is 0 Å². The summed E-state index contributed by atoms with van der Waals surface area (Å²) in [7, 11) is 0. The number of carboxylic acid groups (broad SMARTS) is 1. The van der Waals surface area contributed by atoms with Gasteiger partial charge in [0.1, 0.15) is 6.04 Å². The fraction of sp³-hybridized carbons (Fsp3) is 0.267. The van der Waals surface area contributed by atoms with Gasteiger partial charge in [-0.25, -0.2) is 9.59 Å². The lowest BCUT2D eigenvalue weighted by Crippen LogP contribution is -2.50. The summed E-state index contributed by atoms with van der Waals surface area (Å²) in [6, 6.07) is 16.6. The molecular formula is C30H28Cl2N4O5. The zero-order chi connectivity index (χ0) is 29.1. The Kier molecular flexibility index (Phi) is 8.46. The van der Waals surface area contributed by atoms with Gasteiger partial charge < -0.3 is 26.0 Å². The molecule has 0 radical (unpaired) electrons. The molecule has 41 heavy (non-hydrogen) atoms. The molecule has 0 aromatic heterocycles. The molecule has 3 aromatic rings. The Bertz CT molecular complexity index is 1510. The van der Waals surface area contributed by atoms with E-state index in [1.807, 2.05) is 54.6 Å². The van der Waals surface area contributed by atoms with E-state index >= 15 is 0 Å². The van der Waals surface area contributed by atoms with Crippen molar-refractivity contribution in [3.8, 4) is 0 Å². The average molecular weight is 595 g/mol. The molecule has 1 unspecified atom stereocenters. The summed E-state index contributed by atoms with van der Waals surface area (Å²) in [5.74, 6) is -2.42. The number of aryl methyl sites for hydroxylation is 1. The second kappa shape index (κ2) is 12.2. The van der Waals surface area contributed by atoms with E-state index in [9.17, 15) is 24.3 Å². The number of rotatable bonds is 8. The predicted octanol–water partition coefficient (Wildman–Crippen LogP) is 4.36. The highest BCUT2D eigenvalue weighted by Gasteiger charge is 2.32. The number of carbonyl (C=O) groups excluding carboxylic acids is 3. The molecule has 0 saturated carbocycles. The second-order valence-corrected chi connectivity index (χ2v) is 10.8. The summed E-state index contributed by atoms with van der Waals surface area (Å²) in [5, 5.41) is 17.4. The van der Waals surface area contributed by atoms with Gasteiger partial charge in [0.05, 0.1) is 28.2 Å². The van der Waals surface area contributed by atoms with Crippen LogP contribution in [0.4, 0.5) is 4.79 Å². The zero-order valence-corrected chi connectivity index (χ0v) is 23.5. The van der Waals surface area contributed by atoms with E-state index in [0.717, 1.165) is 29.5 Å². The summed E-state index contributed by atoms with van der Waals surface area (Å²) in [6.45, 7) is 0.449. The Hall–Kier alpha value is -4.08. The van der Waals surface area contributed by atoms with Gasteiger partial charge >= 0.3 is 12.0 Å². The van der Waals surface area contributed by atoms with Crippen LogP contribution in [-0.4, -0.2) is 53.0 Å². The fourth-order valence-corrected chi connectivity index (χ4v) is 6.04. The fourth-order valence-electron chi connectivity index (χ4n) is 5.32. The van der Waals surface area contributed by atoms with Gasteiger partial charge in [-0.3, -0.25) is 9.59 Å². The summed E-state index contributed by atoms with van der Waals surface area (Å²) in [5.41, 5.74) is 3.85. The molecular weight excluding hydrogens is 567 g/mol. The second-order valence-electron chi connectivity index (χ2n) is 10.0. The van der Waals surface area contributed by atoms with E-state index in [1.54, 1.807) is 4.90 Å². The maximum atomic E-state index is 13.2. The van der Waals surface area contributed by atoms with E-state index in [-0.39, 0.29) is 34.1 Å². The van der Waals surface area contributed by atoms with Crippen LogP contribution in [0, 0.1) is 0 Å². The highest BCUT2D eigenvalue weighted by molar-refractivity contribution is 6.41. The van der Waals surface area contributed by atoms with Crippen LogP contribution in [0.2, 0.25) is 10.0 Å². The lowest BCUT2D eigenvalue weighted by Gasteiger charge is -2.30. The number of fused-ring (bicyclic) bond motifs is 2. The number of amides is 4. The van der Waals surface area contributed by atoms with E-state index in [1.165, 1.54) is 6.07 Å². The number of urea groups is 1. The van der Waals surface area contributed by atoms with Crippen molar-refractivity contribution in [1.82, 2.24) is 20.9 Å². The minimum absolute atomic E-state index is 0.00690. The molecule has 1 aliphatic heterocycles. The molecule has 212 valence electrons. The minimum atomic E-state index is -1.45. The van der Waals surface area contributed by atoms with Crippen molar-refractivity contribution in [2.75, 3.05) is 13.1 Å². The third kappa shape index (κ3) is 6.16. The highest BCUT2D eigenvalue weighted by Crippen LogP contribution is 2.35. The quantitative estimate of drug-likeness (QED) is 0.308. The van der Waals surface area contributed by atoms with Crippen molar-refractivity contribution in [3.05, 3.63) is 104 Å². The number of hydrogen-bond acceptors (Lipinski definition) is 4. The number of nitrogens with one attached hydrogen (secondary N) is 3. The van der Waals surface area contributed by atoms with E-state index in [2.05, 4.69) is 16.0 Å². The molecule has 0 saturated heterocycles. The van der Waals surface area contributed by atoms with Gasteiger partial charge in [0, 0.05) is 18.7 Å². The smallest absolute Gasteiger partial charge is 0.328 e. The predicted molar refractivity (Wildman–Crippen MR) is 154 cm³/mol. The van der Waals surface area contributed by atoms with Crippen molar-refractivity contribution < 1.29 is 24.3 Å². The number of aliphatic carboxylic acids is 1. The summed E-state index contributed by atoms with van der Waals surface area (Å²) in [6.07, 6.45) is 1.99. The van der Waals surface area contributed by atoms with E-state index < -0.39 is 23.9 Å². The molecule has 0 spiro atoms. The number of nitrogens with zero attached hydrogens (tertiary/aromatic N) is 1. The lowest BCUT2D eigenvalue weighted by atomic mass is 9.95. The van der Waals surface area contributed by atoms with E-state index in [4.69, 9.17) is 23.2 Å². The normalized spacial score (nSPS) is 16.4. The Morgan fingerprint density at radius 3 is 2.51 bits per heavy atom. The summed E-state index contributed by atoms with van der Waals surface area (Å²) in [4.78, 5) is 52.5. The van der Waals surface area contributed by atoms with Gasteiger partial charge in [-0.1, -0.05) is 77.8 Å². The van der Waals surface area contributed by atoms with Crippen LogP contribution >= 0.6 is 23.2 Å². The molecule has 5 rings (SSSR count). The van der Waals surface area contributed by atoms with Gasteiger partial charge in [-0.15, -0.1) is 0 Å². The largest absolute Gasteiger partial charge is 0.480 e. The maximum absolute atomic E-state index is 13.2. The monoisotopic (exact) mass is 594 g/mol. The van der Waals surface area contributed by atoms with Crippen molar-refractivity contribution >= 4 is 47.0 Å². The summed E-state index contributed by atoms with van der Waals surface area (Å²) >= 11 is 13.0. The molecule has 0 fully saturated rings. The van der Waals surface area contributed by atoms with Crippen LogP contribution in [0.1, 0.15) is 55.4 Å². The first-order valence-electron chi connectivity index (χ1n) is 13.2. The molecule has 4 amide bonds. The molecule has 0 bridgehead atoms. The Balaban J connectivity index is 1.24. The van der Waals surface area contributed by atoms with Gasteiger partial charge in [0.25, 0.3) is 11.8 Å². The van der Waals surface area contributed by atoms with Crippen LogP contribution in [0.15, 0.2) is 60.7 Å². The minimum Gasteiger partial charge on any atom is -0.480 e. The van der Waals surface area contributed by atoms with Gasteiger partial charge in [0.2, 0.25) is 0 Å². The molecule has 4 N–H and O–H groups in total. The third-order valence-electron chi connectivity index (χ3n) is 7.42. The van der Waals surface area contributed by atoms with Crippen LogP contribution in [-0.2, 0) is 24.2 Å². The number of halogens is 2. The number of carboxylic acids is 1. The number of benzene rings is 3. The van der Waals surface area contributed by atoms with Crippen LogP contribution < -0.4 is 16.0 Å². The SMILES string of the molecule is O=C(NCC(NC(=O)c1c(Cl)cc2c(c1Cl)CCN(Cc1ccccc1)C2=O)C(=O)O)N[C@@H]1CCc2ccccc21. The molecule has 9 nitrogen and oxygen atoms in total. The molecule has 2 atom stereocenters. The third-order valence-corrected chi connectivity index (χ3v) is 8.14. The summed E-state index contributed by atoms with van der Waals surface area (Å²) < 4.78 is 0. The Morgan fingerprint density at radius 2 is 1.76 bits per heavy atom. The molecule has 1 aliphatic carbocycles. The first kappa shape index (κ1) is 28.4.